The van der Waals surface area contributed by atoms with Crippen molar-refractivity contribution in [3.8, 4) is 11.6 Å². The lowest BCUT2D eigenvalue weighted by atomic mass is 9.89. The summed E-state index contributed by atoms with van der Waals surface area (Å²) in [5.41, 5.74) is 7.82. The highest BCUT2D eigenvalue weighted by atomic mass is 19.1. The van der Waals surface area contributed by atoms with Crippen molar-refractivity contribution in [1.82, 2.24) is 19.7 Å². The highest BCUT2D eigenvalue weighted by molar-refractivity contribution is 5.90. The minimum atomic E-state index is -0.391. The van der Waals surface area contributed by atoms with Crippen molar-refractivity contribution >= 4 is 16.9 Å². The Morgan fingerprint density at radius 2 is 1.90 bits per heavy atom. The van der Waals surface area contributed by atoms with Crippen molar-refractivity contribution in [1.29, 1.82) is 0 Å². The van der Waals surface area contributed by atoms with Crippen LogP contribution in [0.1, 0.15) is 24.4 Å². The van der Waals surface area contributed by atoms with E-state index in [9.17, 15) is 4.39 Å². The van der Waals surface area contributed by atoms with Gasteiger partial charge in [-0.25, -0.2) is 19.0 Å². The first-order chi connectivity index (χ1) is 14.7. The maximum atomic E-state index is 13.5. The van der Waals surface area contributed by atoms with Gasteiger partial charge in [0, 0.05) is 6.07 Å². The smallest absolute Gasteiger partial charge is 0.251 e. The van der Waals surface area contributed by atoms with Crippen LogP contribution in [-0.4, -0.2) is 25.9 Å². The number of hydrogen-bond donors (Lipinski definition) is 1. The average molecular weight is 405 g/mol. The molecule has 8 heteroatoms. The van der Waals surface area contributed by atoms with Crippen LogP contribution >= 0.6 is 0 Å². The largest absolute Gasteiger partial charge is 0.437 e. The quantitative estimate of drug-likeness (QED) is 0.516. The summed E-state index contributed by atoms with van der Waals surface area (Å²) in [7, 11) is 0. The van der Waals surface area contributed by atoms with E-state index in [2.05, 4.69) is 15.1 Å². The molecule has 0 bridgehead atoms. The molecule has 0 saturated heterocycles. The highest BCUT2D eigenvalue weighted by Crippen LogP contribution is 2.40. The van der Waals surface area contributed by atoms with E-state index in [1.807, 2.05) is 35.0 Å². The van der Waals surface area contributed by atoms with Crippen LogP contribution in [0.4, 0.5) is 10.2 Å². The molecule has 2 aromatic carbocycles. The molecule has 2 N–H and O–H groups in total. The summed E-state index contributed by atoms with van der Waals surface area (Å²) in [6.07, 6.45) is 3.19. The number of benzene rings is 2. The summed E-state index contributed by atoms with van der Waals surface area (Å²) >= 11 is 0. The second kappa shape index (κ2) is 7.72. The number of anilines is 1. The summed E-state index contributed by atoms with van der Waals surface area (Å²) in [6.45, 7) is 0.584. The van der Waals surface area contributed by atoms with Gasteiger partial charge < -0.3 is 15.2 Å². The molecule has 1 aliphatic carbocycles. The zero-order valence-corrected chi connectivity index (χ0v) is 16.1. The molecule has 2 heterocycles. The van der Waals surface area contributed by atoms with Crippen LogP contribution < -0.4 is 10.5 Å². The fourth-order valence-corrected chi connectivity index (χ4v) is 3.59. The molecule has 5 rings (SSSR count). The fourth-order valence-electron chi connectivity index (χ4n) is 3.59. The number of halogens is 1. The Morgan fingerprint density at radius 1 is 1.07 bits per heavy atom. The second-order valence-electron chi connectivity index (χ2n) is 7.31. The van der Waals surface area contributed by atoms with Crippen LogP contribution in [0.25, 0.3) is 11.0 Å². The van der Waals surface area contributed by atoms with Crippen LogP contribution in [0.5, 0.6) is 11.6 Å². The third kappa shape index (κ3) is 3.57. The fraction of sp³-hybridized carbons (Fsp3) is 0.227. The highest BCUT2D eigenvalue weighted by Gasteiger charge is 2.34. The average Bonchev–Trinajstić information content (AvgIpc) is 3.07. The van der Waals surface area contributed by atoms with Gasteiger partial charge in [0.15, 0.2) is 5.65 Å². The summed E-state index contributed by atoms with van der Waals surface area (Å²) in [6, 6.07) is 16.1. The first-order valence-corrected chi connectivity index (χ1v) is 9.75. The molecule has 1 fully saturated rings. The molecule has 0 aliphatic heterocycles. The first-order valence-electron chi connectivity index (χ1n) is 9.75. The monoisotopic (exact) mass is 405 g/mol. The molecule has 1 aliphatic rings. The number of nitrogens with two attached hydrogens (primary N) is 1. The SMILES string of the molecule is Nc1ncnc2c1c(Oc1cccc(F)c1)nn2C1CC(OCc2ccccc2)C1. The molecule has 7 nitrogen and oxygen atoms in total. The van der Waals surface area contributed by atoms with Gasteiger partial charge in [-0.1, -0.05) is 36.4 Å². The van der Waals surface area contributed by atoms with Gasteiger partial charge >= 0.3 is 0 Å². The Hall–Kier alpha value is -3.52. The zero-order valence-electron chi connectivity index (χ0n) is 16.1. The molecule has 152 valence electrons. The molecule has 2 aromatic heterocycles. The Kier molecular flexibility index (Phi) is 4.76. The topological polar surface area (TPSA) is 88.1 Å². The molecule has 0 atom stereocenters. The second-order valence-corrected chi connectivity index (χ2v) is 7.31. The van der Waals surface area contributed by atoms with Gasteiger partial charge in [-0.15, -0.1) is 5.10 Å². The zero-order chi connectivity index (χ0) is 20.5. The normalized spacial score (nSPS) is 18.3. The van der Waals surface area contributed by atoms with Gasteiger partial charge in [0.2, 0.25) is 0 Å². The van der Waals surface area contributed by atoms with Gasteiger partial charge in [0.25, 0.3) is 5.88 Å². The number of rotatable bonds is 6. The van der Waals surface area contributed by atoms with Crippen LogP contribution in [0.2, 0.25) is 0 Å². The maximum absolute atomic E-state index is 13.5. The molecule has 0 spiro atoms. The summed E-state index contributed by atoms with van der Waals surface area (Å²) in [5, 5.41) is 5.11. The van der Waals surface area contributed by atoms with E-state index in [0.29, 0.717) is 23.4 Å². The summed E-state index contributed by atoms with van der Waals surface area (Å²) in [4.78, 5) is 8.41. The van der Waals surface area contributed by atoms with Crippen molar-refractivity contribution in [2.24, 2.45) is 0 Å². The minimum absolute atomic E-state index is 0.118. The van der Waals surface area contributed by atoms with E-state index in [-0.39, 0.29) is 23.8 Å². The maximum Gasteiger partial charge on any atom is 0.251 e. The molecular weight excluding hydrogens is 385 g/mol. The van der Waals surface area contributed by atoms with E-state index in [1.165, 1.54) is 18.5 Å². The van der Waals surface area contributed by atoms with Crippen LogP contribution in [0.15, 0.2) is 60.9 Å². The van der Waals surface area contributed by atoms with Crippen LogP contribution in [0, 0.1) is 5.82 Å². The van der Waals surface area contributed by atoms with Crippen molar-refractivity contribution in [3.63, 3.8) is 0 Å². The predicted molar refractivity (Wildman–Crippen MR) is 109 cm³/mol. The van der Waals surface area contributed by atoms with Crippen molar-refractivity contribution < 1.29 is 13.9 Å². The molecule has 0 radical (unpaired) electrons. The van der Waals surface area contributed by atoms with Gasteiger partial charge in [0.1, 0.15) is 29.1 Å². The number of aromatic nitrogens is 4. The van der Waals surface area contributed by atoms with E-state index >= 15 is 0 Å². The van der Waals surface area contributed by atoms with Crippen molar-refractivity contribution in [2.75, 3.05) is 5.73 Å². The van der Waals surface area contributed by atoms with E-state index < -0.39 is 5.82 Å². The Bertz CT molecular complexity index is 1170. The van der Waals surface area contributed by atoms with E-state index in [1.54, 1.807) is 12.1 Å². The number of fused-ring (bicyclic) bond motifs is 1. The van der Waals surface area contributed by atoms with E-state index in [0.717, 1.165) is 18.4 Å². The number of nitrogens with zero attached hydrogens (tertiary/aromatic N) is 4. The first kappa shape index (κ1) is 18.5. The molecule has 1 saturated carbocycles. The van der Waals surface area contributed by atoms with E-state index in [4.69, 9.17) is 15.2 Å². The molecule has 0 unspecified atom stereocenters. The van der Waals surface area contributed by atoms with Gasteiger partial charge in [-0.2, -0.15) is 0 Å². The molecular formula is C22H20FN5O2. The number of hydrogen-bond acceptors (Lipinski definition) is 6. The minimum Gasteiger partial charge on any atom is -0.437 e. The molecule has 30 heavy (non-hydrogen) atoms. The third-order valence-electron chi connectivity index (χ3n) is 5.24. The molecule has 4 aromatic rings. The van der Waals surface area contributed by atoms with Crippen LogP contribution in [-0.2, 0) is 11.3 Å². The van der Waals surface area contributed by atoms with Crippen LogP contribution in [0.3, 0.4) is 0 Å². The number of ether oxygens (including phenoxy) is 2. The van der Waals surface area contributed by atoms with Gasteiger partial charge in [0.05, 0.1) is 18.8 Å². The Labute approximate surface area is 172 Å². The lowest BCUT2D eigenvalue weighted by Crippen LogP contribution is -2.34. The third-order valence-corrected chi connectivity index (χ3v) is 5.24. The Morgan fingerprint density at radius 3 is 2.70 bits per heavy atom. The van der Waals surface area contributed by atoms with Gasteiger partial charge in [-0.3, -0.25) is 0 Å². The molecule has 0 amide bonds. The Balaban J connectivity index is 1.35. The van der Waals surface area contributed by atoms with Crippen molar-refractivity contribution in [3.05, 3.63) is 72.3 Å². The number of nitrogen functional groups attached to an aromatic ring is 1. The summed E-state index contributed by atoms with van der Waals surface area (Å²) < 4.78 is 27.2. The van der Waals surface area contributed by atoms with Crippen molar-refractivity contribution in [2.45, 2.75) is 31.6 Å². The lowest BCUT2D eigenvalue weighted by Gasteiger charge is -2.35. The standard InChI is InChI=1S/C22H20FN5O2/c23-15-7-4-8-17(9-15)30-22-19-20(24)25-13-26-21(19)28(27-22)16-10-18(11-16)29-12-14-5-2-1-3-6-14/h1-9,13,16,18H,10-12H2,(H2,24,25,26). The summed E-state index contributed by atoms with van der Waals surface area (Å²) in [5.74, 6) is 0.483. The predicted octanol–water partition coefficient (Wildman–Crippen LogP) is 4.26. The van der Waals surface area contributed by atoms with Gasteiger partial charge in [-0.05, 0) is 30.5 Å². The lowest BCUT2D eigenvalue weighted by molar-refractivity contribution is -0.0376.